The summed E-state index contributed by atoms with van der Waals surface area (Å²) in [6.07, 6.45) is 1.64. The van der Waals surface area contributed by atoms with Crippen LogP contribution >= 0.6 is 23.2 Å². The Bertz CT molecular complexity index is 892. The van der Waals surface area contributed by atoms with Crippen molar-refractivity contribution in [2.45, 2.75) is 38.8 Å². The molecule has 0 saturated carbocycles. The van der Waals surface area contributed by atoms with Crippen molar-refractivity contribution in [2.75, 3.05) is 51.5 Å². The molecule has 2 amide bonds. The first-order chi connectivity index (χ1) is 15.7. The Kier molecular flexibility index (Phi) is 11.4. The Morgan fingerprint density at radius 3 is 2.52 bits per heavy atom. The summed E-state index contributed by atoms with van der Waals surface area (Å²) >= 11 is 11.8. The SMILES string of the molecule is CCCS(=O)(=O)N(CCOC)CC(=O)N(Cc1cccc(Cl)c1)C1CCN(C(=O)CCl)CC1. The predicted octanol–water partition coefficient (Wildman–Crippen LogP) is 2.59. The molecule has 186 valence electrons. The molecular formula is C22H33Cl2N3O5S. The van der Waals surface area contributed by atoms with E-state index in [1.54, 1.807) is 28.9 Å². The van der Waals surface area contributed by atoms with Gasteiger partial charge in [0, 0.05) is 44.4 Å². The number of piperidine rings is 1. The van der Waals surface area contributed by atoms with Crippen LogP contribution < -0.4 is 0 Å². The van der Waals surface area contributed by atoms with Crippen molar-refractivity contribution in [1.29, 1.82) is 0 Å². The standard InChI is InChI=1S/C22H33Cl2N3O5S/c1-3-13-33(30,31)26(11-12-32-2)17-22(29)27(16-18-5-4-6-19(24)14-18)20-7-9-25(10-8-20)21(28)15-23/h4-6,14,20H,3,7-13,15-17H2,1-2H3. The number of likely N-dealkylation sites (tertiary alicyclic amines) is 1. The lowest BCUT2D eigenvalue weighted by Crippen LogP contribution is -2.52. The summed E-state index contributed by atoms with van der Waals surface area (Å²) in [5, 5.41) is 0.565. The van der Waals surface area contributed by atoms with Crippen molar-refractivity contribution >= 4 is 45.0 Å². The van der Waals surface area contributed by atoms with Crippen molar-refractivity contribution in [2.24, 2.45) is 0 Å². The van der Waals surface area contributed by atoms with Crippen LogP contribution in [0, 0.1) is 0 Å². The third kappa shape index (κ3) is 8.40. The molecule has 0 aliphatic carbocycles. The van der Waals surface area contributed by atoms with Crippen LogP contribution in [0.1, 0.15) is 31.7 Å². The van der Waals surface area contributed by atoms with Crippen LogP contribution in [0.3, 0.4) is 0 Å². The summed E-state index contributed by atoms with van der Waals surface area (Å²) < 4.78 is 31.8. The van der Waals surface area contributed by atoms with Crippen molar-refractivity contribution < 1.29 is 22.7 Å². The fraction of sp³-hybridized carbons (Fsp3) is 0.636. The van der Waals surface area contributed by atoms with Crippen LogP contribution in [0.5, 0.6) is 0 Å². The zero-order valence-electron chi connectivity index (χ0n) is 19.2. The number of rotatable bonds is 12. The summed E-state index contributed by atoms with van der Waals surface area (Å²) in [4.78, 5) is 28.8. The molecule has 8 nitrogen and oxygen atoms in total. The van der Waals surface area contributed by atoms with Crippen LogP contribution in [-0.2, 0) is 30.9 Å². The summed E-state index contributed by atoms with van der Waals surface area (Å²) in [6, 6.07) is 7.13. The largest absolute Gasteiger partial charge is 0.383 e. The molecule has 1 saturated heterocycles. The average Bonchev–Trinajstić information content (AvgIpc) is 2.79. The van der Waals surface area contributed by atoms with Crippen molar-refractivity contribution in [3.63, 3.8) is 0 Å². The molecule has 0 N–H and O–H groups in total. The second-order valence-electron chi connectivity index (χ2n) is 8.04. The maximum absolute atomic E-state index is 13.5. The minimum atomic E-state index is -3.59. The van der Waals surface area contributed by atoms with Gasteiger partial charge < -0.3 is 14.5 Å². The summed E-state index contributed by atoms with van der Waals surface area (Å²) in [5.41, 5.74) is 0.856. The van der Waals surface area contributed by atoms with E-state index in [-0.39, 0.29) is 49.2 Å². The van der Waals surface area contributed by atoms with Gasteiger partial charge in [-0.2, -0.15) is 4.31 Å². The van der Waals surface area contributed by atoms with E-state index in [1.807, 2.05) is 12.1 Å². The van der Waals surface area contributed by atoms with Crippen molar-refractivity contribution in [1.82, 2.24) is 14.1 Å². The predicted molar refractivity (Wildman–Crippen MR) is 130 cm³/mol. The van der Waals surface area contributed by atoms with Gasteiger partial charge in [-0.3, -0.25) is 9.59 Å². The van der Waals surface area contributed by atoms with Crippen LogP contribution in [0.25, 0.3) is 0 Å². The van der Waals surface area contributed by atoms with Crippen LogP contribution in [0.15, 0.2) is 24.3 Å². The highest BCUT2D eigenvalue weighted by Crippen LogP contribution is 2.22. The number of ether oxygens (including phenoxy) is 1. The molecule has 33 heavy (non-hydrogen) atoms. The van der Waals surface area contributed by atoms with Gasteiger partial charge in [-0.05, 0) is 37.0 Å². The number of amides is 2. The summed E-state index contributed by atoms with van der Waals surface area (Å²) in [5.74, 6) is -0.510. The second-order valence-corrected chi connectivity index (χ2v) is 10.8. The Hall–Kier alpha value is -1.39. The topological polar surface area (TPSA) is 87.2 Å². The number of nitrogens with zero attached hydrogens (tertiary/aromatic N) is 3. The number of carbonyl (C=O) groups excluding carboxylic acids is 2. The third-order valence-corrected chi connectivity index (χ3v) is 8.13. The molecule has 0 bridgehead atoms. The van der Waals surface area contributed by atoms with E-state index in [0.717, 1.165) is 5.56 Å². The maximum Gasteiger partial charge on any atom is 0.238 e. The molecule has 1 aromatic carbocycles. The smallest absolute Gasteiger partial charge is 0.238 e. The van der Waals surface area contributed by atoms with E-state index in [2.05, 4.69) is 0 Å². The molecule has 1 aliphatic heterocycles. The van der Waals surface area contributed by atoms with Gasteiger partial charge in [0.25, 0.3) is 0 Å². The number of methoxy groups -OCH3 is 1. The van der Waals surface area contributed by atoms with E-state index < -0.39 is 10.0 Å². The Balaban J connectivity index is 2.23. The molecule has 1 aliphatic rings. The van der Waals surface area contributed by atoms with Crippen LogP contribution in [0.4, 0.5) is 0 Å². The Morgan fingerprint density at radius 1 is 1.24 bits per heavy atom. The highest BCUT2D eigenvalue weighted by atomic mass is 35.5. The molecule has 0 atom stereocenters. The number of alkyl halides is 1. The third-order valence-electron chi connectivity index (χ3n) is 5.65. The van der Waals surface area contributed by atoms with Gasteiger partial charge >= 0.3 is 0 Å². The molecule has 0 radical (unpaired) electrons. The lowest BCUT2D eigenvalue weighted by atomic mass is 10.0. The molecule has 1 heterocycles. The molecule has 1 aromatic rings. The Labute approximate surface area is 206 Å². The molecule has 11 heteroatoms. The minimum absolute atomic E-state index is 0.0305. The van der Waals surface area contributed by atoms with E-state index in [0.29, 0.717) is 43.9 Å². The molecule has 2 rings (SSSR count). The van der Waals surface area contributed by atoms with Gasteiger partial charge in [0.05, 0.1) is 18.9 Å². The number of halogens is 2. The van der Waals surface area contributed by atoms with Crippen LogP contribution in [0.2, 0.25) is 5.02 Å². The minimum Gasteiger partial charge on any atom is -0.383 e. The van der Waals surface area contributed by atoms with Gasteiger partial charge in [-0.1, -0.05) is 30.7 Å². The number of carbonyl (C=O) groups is 2. The number of hydrogen-bond donors (Lipinski definition) is 0. The van der Waals surface area contributed by atoms with Gasteiger partial charge in [0.1, 0.15) is 5.88 Å². The molecular weight excluding hydrogens is 489 g/mol. The van der Waals surface area contributed by atoms with Gasteiger partial charge in [0.2, 0.25) is 21.8 Å². The van der Waals surface area contributed by atoms with E-state index in [9.17, 15) is 18.0 Å². The normalized spacial score (nSPS) is 15.1. The lowest BCUT2D eigenvalue weighted by molar-refractivity contribution is -0.137. The second kappa shape index (κ2) is 13.5. The fourth-order valence-corrected chi connectivity index (χ4v) is 5.72. The monoisotopic (exact) mass is 521 g/mol. The number of benzene rings is 1. The molecule has 1 fully saturated rings. The first-order valence-electron chi connectivity index (χ1n) is 11.1. The van der Waals surface area contributed by atoms with Gasteiger partial charge in [-0.25, -0.2) is 8.42 Å². The zero-order valence-corrected chi connectivity index (χ0v) is 21.5. The fourth-order valence-electron chi connectivity index (χ4n) is 3.90. The first kappa shape index (κ1) is 27.9. The molecule has 0 aromatic heterocycles. The number of sulfonamides is 1. The van der Waals surface area contributed by atoms with Gasteiger partial charge in [-0.15, -0.1) is 11.6 Å². The van der Waals surface area contributed by atoms with Gasteiger partial charge in [0.15, 0.2) is 0 Å². The van der Waals surface area contributed by atoms with Crippen molar-refractivity contribution in [3.8, 4) is 0 Å². The van der Waals surface area contributed by atoms with E-state index in [4.69, 9.17) is 27.9 Å². The quantitative estimate of drug-likeness (QED) is 0.394. The molecule has 0 unspecified atom stereocenters. The molecule has 0 spiro atoms. The summed E-state index contributed by atoms with van der Waals surface area (Å²) in [7, 11) is -2.10. The lowest BCUT2D eigenvalue weighted by Gasteiger charge is -2.39. The average molecular weight is 522 g/mol. The van der Waals surface area contributed by atoms with E-state index in [1.165, 1.54) is 11.4 Å². The maximum atomic E-state index is 13.5. The van der Waals surface area contributed by atoms with Crippen LogP contribution in [-0.4, -0.2) is 91.9 Å². The summed E-state index contributed by atoms with van der Waals surface area (Å²) in [6.45, 7) is 3.14. The Morgan fingerprint density at radius 2 is 1.94 bits per heavy atom. The number of hydrogen-bond acceptors (Lipinski definition) is 5. The zero-order chi connectivity index (χ0) is 24.4. The van der Waals surface area contributed by atoms with Crippen molar-refractivity contribution in [3.05, 3.63) is 34.9 Å². The highest BCUT2D eigenvalue weighted by Gasteiger charge is 2.32. The van der Waals surface area contributed by atoms with E-state index >= 15 is 0 Å². The first-order valence-corrected chi connectivity index (χ1v) is 13.6. The highest BCUT2D eigenvalue weighted by molar-refractivity contribution is 7.89.